The molecule has 36 heavy (non-hydrogen) atoms. The van der Waals surface area contributed by atoms with E-state index in [4.69, 9.17) is 21.1 Å². The van der Waals surface area contributed by atoms with Crippen molar-refractivity contribution in [2.75, 3.05) is 6.61 Å². The minimum absolute atomic E-state index is 0.0953. The number of ketones is 1. The van der Waals surface area contributed by atoms with Gasteiger partial charge in [-0.3, -0.25) is 14.9 Å². The van der Waals surface area contributed by atoms with Gasteiger partial charge >= 0.3 is 11.9 Å². The first-order chi connectivity index (χ1) is 17.0. The van der Waals surface area contributed by atoms with Gasteiger partial charge in [0.15, 0.2) is 11.5 Å². The highest BCUT2D eigenvalue weighted by Crippen LogP contribution is 2.37. The predicted octanol–water partition coefficient (Wildman–Crippen LogP) is 6.87. The van der Waals surface area contributed by atoms with Gasteiger partial charge < -0.3 is 9.47 Å². The molecule has 0 aromatic heterocycles. The number of hydrogen-bond donors (Lipinski definition) is 0. The third kappa shape index (κ3) is 5.95. The van der Waals surface area contributed by atoms with E-state index < -0.39 is 40.2 Å². The molecule has 0 N–H and O–H groups in total. The monoisotopic (exact) mass is 582 g/mol. The van der Waals surface area contributed by atoms with Gasteiger partial charge in [0.05, 0.1) is 22.1 Å². The number of hydrogen-bond acceptors (Lipinski definition) is 6. The summed E-state index contributed by atoms with van der Waals surface area (Å²) in [6.45, 7) is -0.360. The van der Waals surface area contributed by atoms with E-state index in [-0.39, 0.29) is 28.7 Å². The van der Waals surface area contributed by atoms with E-state index in [9.17, 15) is 33.3 Å². The number of Topliss-reactive ketones (excluding diaryl/α,β-unsaturated/α-hetero) is 1. The molecule has 0 aliphatic carbocycles. The number of carbonyl (C=O) groups is 1. The van der Waals surface area contributed by atoms with Gasteiger partial charge in [-0.05, 0) is 36.4 Å². The molecule has 0 radical (unpaired) electrons. The fraction of sp³-hybridized carbons (Fsp3) is 0.167. The molecule has 3 aromatic rings. The van der Waals surface area contributed by atoms with Gasteiger partial charge in [-0.2, -0.15) is 18.4 Å². The molecule has 0 fully saturated rings. The van der Waals surface area contributed by atoms with E-state index in [1.54, 1.807) is 12.1 Å². The summed E-state index contributed by atoms with van der Waals surface area (Å²) in [6.07, 6.45) is -5.02. The van der Waals surface area contributed by atoms with Gasteiger partial charge in [0.25, 0.3) is 5.60 Å². The van der Waals surface area contributed by atoms with Gasteiger partial charge in [0.1, 0.15) is 11.8 Å². The zero-order chi connectivity index (χ0) is 26.5. The maximum atomic E-state index is 13.4. The summed E-state index contributed by atoms with van der Waals surface area (Å²) in [5.74, 6) is -1.20. The maximum absolute atomic E-state index is 13.4. The molecule has 0 aliphatic heterocycles. The number of carbonyl (C=O) groups excluding carboxylic acids is 1. The number of nitrogens with zero attached hydrogens (tertiary/aromatic N) is 2. The van der Waals surface area contributed by atoms with Crippen LogP contribution in [-0.2, 0) is 16.6 Å². The van der Waals surface area contributed by atoms with Crippen LogP contribution in [0.2, 0.25) is 5.02 Å². The van der Waals surface area contributed by atoms with Crippen molar-refractivity contribution in [1.29, 1.82) is 5.26 Å². The van der Waals surface area contributed by atoms with Crippen LogP contribution < -0.4 is 9.47 Å². The molecule has 1 atom stereocenters. The zero-order valence-corrected chi connectivity index (χ0v) is 20.4. The summed E-state index contributed by atoms with van der Waals surface area (Å²) < 4.78 is 50.2. The van der Waals surface area contributed by atoms with E-state index in [0.29, 0.717) is 10.5 Å². The number of rotatable bonds is 9. The average Bonchev–Trinajstić information content (AvgIpc) is 2.83. The number of halogens is 5. The lowest BCUT2D eigenvalue weighted by Gasteiger charge is -2.27. The first-order valence-electron chi connectivity index (χ1n) is 10.1. The first-order valence-corrected chi connectivity index (χ1v) is 11.3. The Morgan fingerprint density at radius 3 is 2.39 bits per heavy atom. The molecule has 1 unspecified atom stereocenters. The number of nitro benzene ring substituents is 1. The minimum atomic E-state index is -4.59. The Bertz CT molecular complexity index is 1350. The molecule has 0 saturated carbocycles. The van der Waals surface area contributed by atoms with Crippen LogP contribution in [0.3, 0.4) is 0 Å². The molecule has 12 heteroatoms. The average molecular weight is 584 g/mol. The highest BCUT2D eigenvalue weighted by Gasteiger charge is 2.44. The van der Waals surface area contributed by atoms with Crippen LogP contribution in [0.1, 0.15) is 17.5 Å². The largest absolute Gasteiger partial charge is 0.492 e. The topological polar surface area (TPSA) is 102 Å². The van der Waals surface area contributed by atoms with Gasteiger partial charge in [-0.15, -0.1) is 0 Å². The minimum Gasteiger partial charge on any atom is -0.492 e. The number of alkyl halides is 3. The van der Waals surface area contributed by atoms with Gasteiger partial charge in [0, 0.05) is 22.5 Å². The van der Waals surface area contributed by atoms with Gasteiger partial charge in [-0.25, -0.2) is 0 Å². The summed E-state index contributed by atoms with van der Waals surface area (Å²) in [7, 11) is 0. The number of ether oxygens (including phenoxy) is 2. The van der Waals surface area contributed by atoms with Crippen molar-refractivity contribution in [3.63, 3.8) is 0 Å². The van der Waals surface area contributed by atoms with Crippen LogP contribution in [0.4, 0.5) is 18.9 Å². The molecule has 0 heterocycles. The van der Waals surface area contributed by atoms with Crippen LogP contribution in [0.15, 0.2) is 71.2 Å². The molecule has 0 spiro atoms. The number of benzene rings is 3. The molecule has 186 valence electrons. The summed E-state index contributed by atoms with van der Waals surface area (Å²) in [5.41, 5.74) is -3.60. The molecule has 0 aliphatic rings. The van der Waals surface area contributed by atoms with Crippen LogP contribution in [0, 0.1) is 21.4 Å². The van der Waals surface area contributed by atoms with Crippen molar-refractivity contribution in [3.8, 4) is 17.6 Å². The quantitative estimate of drug-likeness (QED) is 0.201. The highest BCUT2D eigenvalue weighted by atomic mass is 79.9. The van der Waals surface area contributed by atoms with Crippen molar-refractivity contribution >= 4 is 39.0 Å². The number of para-hydroxylation sites is 2. The van der Waals surface area contributed by atoms with Gasteiger partial charge in [0.2, 0.25) is 0 Å². The second kappa shape index (κ2) is 11.0. The Labute approximate surface area is 216 Å². The van der Waals surface area contributed by atoms with Crippen molar-refractivity contribution in [3.05, 3.63) is 97.5 Å². The van der Waals surface area contributed by atoms with Crippen LogP contribution in [-0.4, -0.2) is 17.3 Å². The van der Waals surface area contributed by atoms with Crippen molar-refractivity contribution in [1.82, 2.24) is 0 Å². The van der Waals surface area contributed by atoms with E-state index >= 15 is 0 Å². The summed E-state index contributed by atoms with van der Waals surface area (Å²) in [5, 5.41) is 21.2. The lowest BCUT2D eigenvalue weighted by molar-refractivity contribution is -0.386. The fourth-order valence-electron chi connectivity index (χ4n) is 3.22. The molecule has 7 nitrogen and oxygen atoms in total. The van der Waals surface area contributed by atoms with Gasteiger partial charge in [-0.1, -0.05) is 51.8 Å². The Balaban J connectivity index is 1.90. The van der Waals surface area contributed by atoms with E-state index in [1.165, 1.54) is 36.4 Å². The molecular weight excluding hydrogens is 569 g/mol. The van der Waals surface area contributed by atoms with Crippen LogP contribution in [0.5, 0.6) is 11.5 Å². The Hall–Kier alpha value is -3.62. The Kier molecular flexibility index (Phi) is 8.22. The third-order valence-electron chi connectivity index (χ3n) is 4.95. The van der Waals surface area contributed by atoms with E-state index in [0.717, 1.165) is 12.1 Å². The highest BCUT2D eigenvalue weighted by molar-refractivity contribution is 9.10. The van der Waals surface area contributed by atoms with Crippen molar-refractivity contribution < 1.29 is 32.4 Å². The maximum Gasteiger partial charge on any atom is 0.416 e. The molecule has 3 aromatic carbocycles. The zero-order valence-electron chi connectivity index (χ0n) is 18.1. The van der Waals surface area contributed by atoms with E-state index in [1.807, 2.05) is 6.07 Å². The third-order valence-corrected chi connectivity index (χ3v) is 5.74. The number of nitro groups is 1. The summed E-state index contributed by atoms with van der Waals surface area (Å²) in [4.78, 5) is 24.1. The summed E-state index contributed by atoms with van der Waals surface area (Å²) >= 11 is 9.14. The van der Waals surface area contributed by atoms with Crippen LogP contribution >= 0.6 is 27.5 Å². The second-order valence-corrected chi connectivity index (χ2v) is 8.62. The lowest BCUT2D eigenvalue weighted by Crippen LogP contribution is -2.41. The molecule has 3 rings (SSSR count). The number of nitriles is 1. The summed E-state index contributed by atoms with van der Waals surface area (Å²) in [6, 6.07) is 15.7. The molecular formula is C24H15BrClF3N2O5. The fourth-order valence-corrected chi connectivity index (χ4v) is 3.85. The molecule has 0 bridgehead atoms. The lowest BCUT2D eigenvalue weighted by atomic mass is 9.88. The predicted molar refractivity (Wildman–Crippen MR) is 127 cm³/mol. The normalized spacial score (nSPS) is 12.8. The molecule has 0 amide bonds. The SMILES string of the molecule is N#CC(Oc1ccccc1[N+](=O)[O-])(C(=O)CCOc1ccc(C(F)(F)F)cc1Cl)c1cccc(Br)c1. The molecule has 0 saturated heterocycles. The van der Waals surface area contributed by atoms with Crippen molar-refractivity contribution in [2.45, 2.75) is 18.2 Å². The van der Waals surface area contributed by atoms with Crippen molar-refractivity contribution in [2.24, 2.45) is 0 Å². The standard InChI is InChI=1S/C24H15BrClF3N2O5/c25-17-5-3-4-15(12-17)23(14-30,36-21-7-2-1-6-19(21)31(33)34)22(32)10-11-35-20-9-8-16(13-18(20)26)24(27,28)29/h1-9,12-13H,10-11H2. The Morgan fingerprint density at radius 1 is 1.06 bits per heavy atom. The smallest absolute Gasteiger partial charge is 0.416 e. The first kappa shape index (κ1) is 27.0. The van der Waals surface area contributed by atoms with Crippen LogP contribution in [0.25, 0.3) is 0 Å². The van der Waals surface area contributed by atoms with E-state index in [2.05, 4.69) is 15.9 Å². The Morgan fingerprint density at radius 2 is 1.78 bits per heavy atom. The second-order valence-electron chi connectivity index (χ2n) is 7.29.